The number of ether oxygens (including phenoxy) is 2. The molecule has 2 aromatic rings. The Balaban J connectivity index is 1.64. The summed E-state index contributed by atoms with van der Waals surface area (Å²) in [5.41, 5.74) is 1.87. The van der Waals surface area contributed by atoms with Crippen LogP contribution in [0, 0.1) is 0 Å². The van der Waals surface area contributed by atoms with Crippen LogP contribution in [0.4, 0.5) is 0 Å². The highest BCUT2D eigenvalue weighted by Gasteiger charge is 2.16. The third-order valence-electron chi connectivity index (χ3n) is 3.70. The molecule has 1 heterocycles. The van der Waals surface area contributed by atoms with E-state index in [-0.39, 0.29) is 11.9 Å². The molecular weight excluding hydrogens is 314 g/mol. The van der Waals surface area contributed by atoms with Gasteiger partial charge < -0.3 is 14.8 Å². The summed E-state index contributed by atoms with van der Waals surface area (Å²) in [5.74, 6) is 1.43. The highest BCUT2D eigenvalue weighted by molar-refractivity contribution is 6.30. The SMILES string of the molecule is CC(NC(=O)Cc1cccc(Cl)c1)c1ccc2c(c1)OCCO2. The minimum Gasteiger partial charge on any atom is -0.486 e. The Labute approximate surface area is 140 Å². The van der Waals surface area contributed by atoms with Crippen LogP contribution in [0.25, 0.3) is 0 Å². The molecule has 4 nitrogen and oxygen atoms in total. The summed E-state index contributed by atoms with van der Waals surface area (Å²) in [6.45, 7) is 3.06. The molecule has 3 rings (SSSR count). The maximum absolute atomic E-state index is 12.2. The molecule has 1 aliphatic heterocycles. The summed E-state index contributed by atoms with van der Waals surface area (Å²) in [7, 11) is 0. The predicted molar refractivity (Wildman–Crippen MR) is 89.1 cm³/mol. The summed E-state index contributed by atoms with van der Waals surface area (Å²) in [4.78, 5) is 12.2. The Hall–Kier alpha value is -2.20. The lowest BCUT2D eigenvalue weighted by molar-refractivity contribution is -0.121. The normalized spacial score (nSPS) is 14.2. The molecule has 0 saturated carbocycles. The Morgan fingerprint density at radius 2 is 1.96 bits per heavy atom. The lowest BCUT2D eigenvalue weighted by Crippen LogP contribution is -2.28. The molecule has 5 heteroatoms. The number of fused-ring (bicyclic) bond motifs is 1. The molecule has 1 unspecified atom stereocenters. The van der Waals surface area contributed by atoms with Crippen LogP contribution in [-0.2, 0) is 11.2 Å². The molecule has 1 amide bonds. The van der Waals surface area contributed by atoms with Gasteiger partial charge in [-0.1, -0.05) is 29.8 Å². The number of halogens is 1. The first-order chi connectivity index (χ1) is 11.1. The van der Waals surface area contributed by atoms with Gasteiger partial charge in [0.15, 0.2) is 11.5 Å². The molecule has 0 aromatic heterocycles. The fourth-order valence-corrected chi connectivity index (χ4v) is 2.75. The van der Waals surface area contributed by atoms with Crippen LogP contribution in [0.3, 0.4) is 0 Å². The van der Waals surface area contributed by atoms with Gasteiger partial charge in [-0.15, -0.1) is 0 Å². The van der Waals surface area contributed by atoms with Crippen LogP contribution in [-0.4, -0.2) is 19.1 Å². The first kappa shape index (κ1) is 15.7. The van der Waals surface area contributed by atoms with Gasteiger partial charge in [0.1, 0.15) is 13.2 Å². The molecule has 0 spiro atoms. The number of hydrogen-bond donors (Lipinski definition) is 1. The van der Waals surface area contributed by atoms with Crippen LogP contribution >= 0.6 is 11.6 Å². The van der Waals surface area contributed by atoms with Gasteiger partial charge in [-0.3, -0.25) is 4.79 Å². The van der Waals surface area contributed by atoms with E-state index in [1.165, 1.54) is 0 Å². The highest BCUT2D eigenvalue weighted by Crippen LogP contribution is 2.32. The van der Waals surface area contributed by atoms with Crippen molar-refractivity contribution in [3.05, 3.63) is 58.6 Å². The number of carbonyl (C=O) groups excluding carboxylic acids is 1. The maximum atomic E-state index is 12.2. The topological polar surface area (TPSA) is 47.6 Å². The maximum Gasteiger partial charge on any atom is 0.224 e. The molecule has 1 N–H and O–H groups in total. The second kappa shape index (κ2) is 6.92. The van der Waals surface area contributed by atoms with Crippen molar-refractivity contribution in [2.75, 3.05) is 13.2 Å². The average Bonchev–Trinajstić information content (AvgIpc) is 2.54. The first-order valence-electron chi connectivity index (χ1n) is 7.55. The van der Waals surface area contributed by atoms with Crippen LogP contribution in [0.15, 0.2) is 42.5 Å². The van der Waals surface area contributed by atoms with E-state index in [1.54, 1.807) is 12.1 Å². The van der Waals surface area contributed by atoms with Gasteiger partial charge in [0.25, 0.3) is 0 Å². The Morgan fingerprint density at radius 3 is 2.74 bits per heavy atom. The van der Waals surface area contributed by atoms with E-state index in [0.29, 0.717) is 24.7 Å². The second-order valence-electron chi connectivity index (χ2n) is 5.50. The van der Waals surface area contributed by atoms with Crippen molar-refractivity contribution in [2.45, 2.75) is 19.4 Å². The van der Waals surface area contributed by atoms with Crippen LogP contribution in [0.1, 0.15) is 24.1 Å². The Bertz CT molecular complexity index is 717. The van der Waals surface area contributed by atoms with Crippen molar-refractivity contribution in [1.29, 1.82) is 0 Å². The molecule has 1 atom stereocenters. The summed E-state index contributed by atoms with van der Waals surface area (Å²) < 4.78 is 11.1. The third kappa shape index (κ3) is 3.96. The summed E-state index contributed by atoms with van der Waals surface area (Å²) in [6, 6.07) is 12.9. The Morgan fingerprint density at radius 1 is 1.17 bits per heavy atom. The average molecular weight is 332 g/mol. The number of carbonyl (C=O) groups is 1. The van der Waals surface area contributed by atoms with Gasteiger partial charge >= 0.3 is 0 Å². The zero-order valence-corrected chi connectivity index (χ0v) is 13.6. The van der Waals surface area contributed by atoms with Crippen molar-refractivity contribution in [3.8, 4) is 11.5 Å². The van der Waals surface area contributed by atoms with Crippen molar-refractivity contribution < 1.29 is 14.3 Å². The fourth-order valence-electron chi connectivity index (χ4n) is 2.54. The number of benzene rings is 2. The van der Waals surface area contributed by atoms with E-state index < -0.39 is 0 Å². The molecule has 1 aliphatic rings. The molecule has 23 heavy (non-hydrogen) atoms. The summed E-state index contributed by atoms with van der Waals surface area (Å²) in [6.07, 6.45) is 0.301. The van der Waals surface area contributed by atoms with E-state index in [0.717, 1.165) is 22.6 Å². The van der Waals surface area contributed by atoms with Crippen molar-refractivity contribution in [2.24, 2.45) is 0 Å². The van der Waals surface area contributed by atoms with Gasteiger partial charge in [0.2, 0.25) is 5.91 Å². The molecule has 2 aromatic carbocycles. The van der Waals surface area contributed by atoms with Gasteiger partial charge in [0, 0.05) is 5.02 Å². The zero-order chi connectivity index (χ0) is 16.2. The van der Waals surface area contributed by atoms with Gasteiger partial charge in [-0.05, 0) is 42.3 Å². The Kier molecular flexibility index (Phi) is 4.72. The van der Waals surface area contributed by atoms with Crippen LogP contribution in [0.2, 0.25) is 5.02 Å². The fraction of sp³-hybridized carbons (Fsp3) is 0.278. The number of amides is 1. The highest BCUT2D eigenvalue weighted by atomic mass is 35.5. The van der Waals surface area contributed by atoms with Crippen molar-refractivity contribution in [1.82, 2.24) is 5.32 Å². The van der Waals surface area contributed by atoms with Gasteiger partial charge in [0.05, 0.1) is 12.5 Å². The lowest BCUT2D eigenvalue weighted by Gasteiger charge is -2.21. The second-order valence-corrected chi connectivity index (χ2v) is 5.94. The number of rotatable bonds is 4. The first-order valence-corrected chi connectivity index (χ1v) is 7.93. The lowest BCUT2D eigenvalue weighted by atomic mass is 10.1. The van der Waals surface area contributed by atoms with Crippen molar-refractivity contribution in [3.63, 3.8) is 0 Å². The molecular formula is C18H18ClNO3. The van der Waals surface area contributed by atoms with E-state index >= 15 is 0 Å². The monoisotopic (exact) mass is 331 g/mol. The van der Waals surface area contributed by atoms with Gasteiger partial charge in [-0.25, -0.2) is 0 Å². The molecule has 120 valence electrons. The molecule has 0 radical (unpaired) electrons. The standard InChI is InChI=1S/C18H18ClNO3/c1-12(14-5-6-16-17(11-14)23-8-7-22-16)20-18(21)10-13-3-2-4-15(19)9-13/h2-6,9,11-12H,7-8,10H2,1H3,(H,20,21). The summed E-state index contributed by atoms with van der Waals surface area (Å²) in [5, 5.41) is 3.63. The molecule has 0 aliphatic carbocycles. The predicted octanol–water partition coefficient (Wildman–Crippen LogP) is 3.53. The molecule has 0 saturated heterocycles. The molecule has 0 fully saturated rings. The minimum absolute atomic E-state index is 0.0466. The van der Waals surface area contributed by atoms with Crippen LogP contribution < -0.4 is 14.8 Å². The van der Waals surface area contributed by atoms with E-state index in [1.807, 2.05) is 37.3 Å². The van der Waals surface area contributed by atoms with E-state index in [4.69, 9.17) is 21.1 Å². The largest absolute Gasteiger partial charge is 0.486 e. The van der Waals surface area contributed by atoms with E-state index in [2.05, 4.69) is 5.32 Å². The van der Waals surface area contributed by atoms with Gasteiger partial charge in [-0.2, -0.15) is 0 Å². The number of nitrogens with one attached hydrogen (secondary N) is 1. The van der Waals surface area contributed by atoms with Crippen LogP contribution in [0.5, 0.6) is 11.5 Å². The van der Waals surface area contributed by atoms with Crippen molar-refractivity contribution >= 4 is 17.5 Å². The quantitative estimate of drug-likeness (QED) is 0.932. The third-order valence-corrected chi connectivity index (χ3v) is 3.93. The molecule has 0 bridgehead atoms. The smallest absolute Gasteiger partial charge is 0.224 e. The summed E-state index contributed by atoms with van der Waals surface area (Å²) >= 11 is 5.94. The zero-order valence-electron chi connectivity index (χ0n) is 12.8. The van der Waals surface area contributed by atoms with E-state index in [9.17, 15) is 4.79 Å². The minimum atomic E-state index is -0.113. The number of hydrogen-bond acceptors (Lipinski definition) is 3.